The Kier molecular flexibility index (Phi) is 7.33. The molecule has 0 atom stereocenters. The number of amides is 1. The summed E-state index contributed by atoms with van der Waals surface area (Å²) in [6.45, 7) is 5.00. The van der Waals surface area contributed by atoms with Crippen molar-refractivity contribution in [1.29, 1.82) is 0 Å². The van der Waals surface area contributed by atoms with Crippen molar-refractivity contribution in [3.8, 4) is 11.3 Å². The number of carbonyl (C=O) groups excluding carboxylic acids is 1. The summed E-state index contributed by atoms with van der Waals surface area (Å²) < 4.78 is 5.31. The van der Waals surface area contributed by atoms with Gasteiger partial charge in [-0.05, 0) is 48.7 Å². The fourth-order valence-electron chi connectivity index (χ4n) is 3.70. The Morgan fingerprint density at radius 2 is 1.85 bits per heavy atom. The van der Waals surface area contributed by atoms with Gasteiger partial charge in [0.05, 0.1) is 18.9 Å². The first-order valence-electron chi connectivity index (χ1n) is 10.7. The van der Waals surface area contributed by atoms with Crippen LogP contribution in [0.2, 0.25) is 10.0 Å². The molecule has 0 radical (unpaired) electrons. The summed E-state index contributed by atoms with van der Waals surface area (Å²) in [5, 5.41) is 4.40. The van der Waals surface area contributed by atoms with E-state index in [1.807, 2.05) is 48.2 Å². The average molecular weight is 486 g/mol. The summed E-state index contributed by atoms with van der Waals surface area (Å²) in [5.41, 5.74) is 10.1. The molecule has 1 aliphatic rings. The minimum Gasteiger partial charge on any atom is -0.378 e. The molecule has 172 valence electrons. The molecule has 3 aromatic rings. The van der Waals surface area contributed by atoms with Crippen LogP contribution >= 0.6 is 23.2 Å². The van der Waals surface area contributed by atoms with Crippen LogP contribution in [0.5, 0.6) is 0 Å². The number of benzene rings is 2. The van der Waals surface area contributed by atoms with Crippen molar-refractivity contribution < 1.29 is 9.53 Å². The number of nitrogens with zero attached hydrogens (tertiary/aromatic N) is 3. The molecule has 1 fully saturated rings. The Morgan fingerprint density at radius 3 is 2.58 bits per heavy atom. The normalized spacial score (nSPS) is 13.7. The molecule has 7 nitrogen and oxygen atoms in total. The van der Waals surface area contributed by atoms with E-state index in [0.29, 0.717) is 60.0 Å². The van der Waals surface area contributed by atoms with Gasteiger partial charge in [0, 0.05) is 46.9 Å². The maximum atomic E-state index is 12.6. The molecular weight excluding hydrogens is 461 g/mol. The third-order valence-corrected chi connectivity index (χ3v) is 6.16. The molecule has 2 heterocycles. The summed E-state index contributed by atoms with van der Waals surface area (Å²) in [7, 11) is 0. The molecule has 0 aliphatic carbocycles. The number of carbonyl (C=O) groups is 1. The summed E-state index contributed by atoms with van der Waals surface area (Å²) >= 11 is 12.4. The van der Waals surface area contributed by atoms with E-state index in [-0.39, 0.29) is 11.9 Å². The number of anilines is 2. The van der Waals surface area contributed by atoms with Gasteiger partial charge in [0.1, 0.15) is 5.82 Å². The van der Waals surface area contributed by atoms with Gasteiger partial charge in [-0.1, -0.05) is 35.3 Å². The van der Waals surface area contributed by atoms with Crippen LogP contribution in [0.3, 0.4) is 0 Å². The number of nitrogens with one attached hydrogen (secondary N) is 1. The quantitative estimate of drug-likeness (QED) is 0.534. The molecule has 0 unspecified atom stereocenters. The van der Waals surface area contributed by atoms with Gasteiger partial charge >= 0.3 is 0 Å². The SMILES string of the molecule is Cc1c(Cl)cc(Cl)cc1-c1cc(NCCc2ccc(C(=O)N3CCOCC3)cc2)nc(N)n1. The highest BCUT2D eigenvalue weighted by Gasteiger charge is 2.18. The highest BCUT2D eigenvalue weighted by atomic mass is 35.5. The molecule has 1 amide bonds. The molecule has 0 saturated carbocycles. The van der Waals surface area contributed by atoms with E-state index in [0.717, 1.165) is 23.1 Å². The van der Waals surface area contributed by atoms with Gasteiger partial charge in [-0.15, -0.1) is 0 Å². The number of hydrogen-bond donors (Lipinski definition) is 2. The van der Waals surface area contributed by atoms with Gasteiger partial charge in [0.15, 0.2) is 0 Å². The van der Waals surface area contributed by atoms with Crippen molar-refractivity contribution in [3.63, 3.8) is 0 Å². The molecule has 0 spiro atoms. The second-order valence-corrected chi connectivity index (χ2v) is 8.68. The van der Waals surface area contributed by atoms with Crippen LogP contribution in [-0.2, 0) is 11.2 Å². The Hall–Kier alpha value is -2.87. The van der Waals surface area contributed by atoms with E-state index in [4.69, 9.17) is 33.7 Å². The molecule has 3 N–H and O–H groups in total. The molecule has 0 bridgehead atoms. The number of ether oxygens (including phenoxy) is 1. The molecule has 33 heavy (non-hydrogen) atoms. The van der Waals surface area contributed by atoms with Crippen LogP contribution in [0.15, 0.2) is 42.5 Å². The second-order valence-electron chi connectivity index (χ2n) is 7.84. The van der Waals surface area contributed by atoms with Gasteiger partial charge in [-0.3, -0.25) is 4.79 Å². The van der Waals surface area contributed by atoms with E-state index in [9.17, 15) is 4.79 Å². The molecule has 1 aliphatic heterocycles. The van der Waals surface area contributed by atoms with Gasteiger partial charge < -0.3 is 20.7 Å². The third-order valence-electron chi connectivity index (χ3n) is 5.55. The number of nitrogen functional groups attached to an aromatic ring is 1. The molecule has 1 aromatic heterocycles. The summed E-state index contributed by atoms with van der Waals surface area (Å²) in [6.07, 6.45) is 0.757. The Balaban J connectivity index is 1.39. The van der Waals surface area contributed by atoms with Crippen molar-refractivity contribution in [2.45, 2.75) is 13.3 Å². The van der Waals surface area contributed by atoms with Crippen molar-refractivity contribution >= 4 is 40.9 Å². The van der Waals surface area contributed by atoms with Crippen LogP contribution in [0, 0.1) is 6.92 Å². The van der Waals surface area contributed by atoms with E-state index in [1.165, 1.54) is 0 Å². The molecule has 1 saturated heterocycles. The zero-order valence-electron chi connectivity index (χ0n) is 18.3. The Bertz CT molecular complexity index is 1150. The van der Waals surface area contributed by atoms with E-state index in [1.54, 1.807) is 6.07 Å². The average Bonchev–Trinajstić information content (AvgIpc) is 2.81. The van der Waals surface area contributed by atoms with Gasteiger partial charge in [0.2, 0.25) is 5.95 Å². The zero-order chi connectivity index (χ0) is 23.4. The van der Waals surface area contributed by atoms with E-state index < -0.39 is 0 Å². The monoisotopic (exact) mass is 485 g/mol. The van der Waals surface area contributed by atoms with Gasteiger partial charge in [0.25, 0.3) is 5.91 Å². The number of nitrogens with two attached hydrogens (primary N) is 1. The van der Waals surface area contributed by atoms with Gasteiger partial charge in [-0.25, -0.2) is 4.98 Å². The second kappa shape index (κ2) is 10.4. The van der Waals surface area contributed by atoms with Crippen LogP contribution in [-0.4, -0.2) is 53.6 Å². The van der Waals surface area contributed by atoms with Crippen molar-refractivity contribution in [3.05, 3.63) is 69.2 Å². The molecule has 4 rings (SSSR count). The zero-order valence-corrected chi connectivity index (χ0v) is 19.8. The Morgan fingerprint density at radius 1 is 1.12 bits per heavy atom. The fraction of sp³-hybridized carbons (Fsp3) is 0.292. The lowest BCUT2D eigenvalue weighted by Gasteiger charge is -2.26. The Labute approximate surface area is 202 Å². The van der Waals surface area contributed by atoms with Crippen molar-refractivity contribution in [2.24, 2.45) is 0 Å². The lowest BCUT2D eigenvalue weighted by atomic mass is 10.1. The molecule has 9 heteroatoms. The first kappa shape index (κ1) is 23.3. The van der Waals surface area contributed by atoms with E-state index >= 15 is 0 Å². The topological polar surface area (TPSA) is 93.4 Å². The lowest BCUT2D eigenvalue weighted by molar-refractivity contribution is 0.0303. The number of morpholine rings is 1. The first-order chi connectivity index (χ1) is 15.9. The number of hydrogen-bond acceptors (Lipinski definition) is 6. The lowest BCUT2D eigenvalue weighted by Crippen LogP contribution is -2.40. The van der Waals surface area contributed by atoms with Crippen LogP contribution in [0.4, 0.5) is 11.8 Å². The standard InChI is InChI=1S/C24H25Cl2N5O2/c1-15-19(12-18(25)13-20(15)26)21-14-22(30-24(27)29-21)28-7-6-16-2-4-17(5-3-16)23(32)31-8-10-33-11-9-31/h2-5,12-14H,6-11H2,1H3,(H3,27,28,29,30). The highest BCUT2D eigenvalue weighted by molar-refractivity contribution is 6.35. The number of rotatable bonds is 6. The van der Waals surface area contributed by atoms with Crippen LogP contribution < -0.4 is 11.1 Å². The predicted octanol–water partition coefficient (Wildman–Crippen LogP) is 4.47. The van der Waals surface area contributed by atoms with Crippen LogP contribution in [0.1, 0.15) is 21.5 Å². The minimum atomic E-state index is 0.0448. The predicted molar refractivity (Wildman–Crippen MR) is 132 cm³/mol. The van der Waals surface area contributed by atoms with Crippen molar-refractivity contribution in [1.82, 2.24) is 14.9 Å². The summed E-state index contributed by atoms with van der Waals surface area (Å²) in [4.78, 5) is 23.0. The minimum absolute atomic E-state index is 0.0448. The first-order valence-corrected chi connectivity index (χ1v) is 11.5. The third kappa shape index (κ3) is 5.74. The fourth-order valence-corrected chi connectivity index (χ4v) is 4.20. The van der Waals surface area contributed by atoms with Crippen LogP contribution in [0.25, 0.3) is 11.3 Å². The molecule has 2 aromatic carbocycles. The number of halogens is 2. The molecular formula is C24H25Cl2N5O2. The van der Waals surface area contributed by atoms with E-state index in [2.05, 4.69) is 15.3 Å². The highest BCUT2D eigenvalue weighted by Crippen LogP contribution is 2.32. The maximum Gasteiger partial charge on any atom is 0.254 e. The summed E-state index contributed by atoms with van der Waals surface area (Å²) in [5.74, 6) is 0.826. The summed E-state index contributed by atoms with van der Waals surface area (Å²) in [6, 6.07) is 13.0. The largest absolute Gasteiger partial charge is 0.378 e. The smallest absolute Gasteiger partial charge is 0.254 e. The van der Waals surface area contributed by atoms with Gasteiger partial charge in [-0.2, -0.15) is 4.98 Å². The number of aromatic nitrogens is 2. The van der Waals surface area contributed by atoms with Crippen molar-refractivity contribution in [2.75, 3.05) is 43.9 Å². The maximum absolute atomic E-state index is 12.6.